The summed E-state index contributed by atoms with van der Waals surface area (Å²) in [6, 6.07) is 5.09. The van der Waals surface area contributed by atoms with Gasteiger partial charge in [0.1, 0.15) is 0 Å². The predicted molar refractivity (Wildman–Crippen MR) is 86.4 cm³/mol. The van der Waals surface area contributed by atoms with Crippen LogP contribution in [0, 0.1) is 13.8 Å². The Labute approximate surface area is 134 Å². The lowest BCUT2D eigenvalue weighted by atomic mass is 10.1. The van der Waals surface area contributed by atoms with Crippen LogP contribution in [0.5, 0.6) is 11.5 Å². The Morgan fingerprint density at radius 2 is 1.78 bits per heavy atom. The van der Waals surface area contributed by atoms with Crippen LogP contribution in [0.25, 0.3) is 0 Å². The van der Waals surface area contributed by atoms with Crippen LogP contribution < -0.4 is 19.7 Å². The first kappa shape index (κ1) is 15.1. The summed E-state index contributed by atoms with van der Waals surface area (Å²) >= 11 is 0. The van der Waals surface area contributed by atoms with Crippen molar-refractivity contribution in [1.82, 2.24) is 9.97 Å². The van der Waals surface area contributed by atoms with Crippen LogP contribution in [-0.2, 0) is 0 Å². The third-order valence-corrected chi connectivity index (χ3v) is 3.53. The van der Waals surface area contributed by atoms with Crippen LogP contribution in [0.3, 0.4) is 0 Å². The van der Waals surface area contributed by atoms with Gasteiger partial charge in [0.2, 0.25) is 12.7 Å². The fourth-order valence-corrected chi connectivity index (χ4v) is 2.30. The van der Waals surface area contributed by atoms with Gasteiger partial charge >= 0.3 is 0 Å². The second kappa shape index (κ2) is 5.75. The van der Waals surface area contributed by atoms with E-state index in [2.05, 4.69) is 15.3 Å². The van der Waals surface area contributed by atoms with Crippen LogP contribution in [0.15, 0.2) is 18.2 Å². The Morgan fingerprint density at radius 1 is 1.13 bits per heavy atom. The van der Waals surface area contributed by atoms with Crippen molar-refractivity contribution in [3.8, 4) is 11.5 Å². The molecule has 7 nitrogen and oxygen atoms in total. The average molecular weight is 314 g/mol. The number of aromatic nitrogens is 2. The SMILES string of the molecule is Cc1nc(N(C)C)nc(C)c1NC(=O)c1ccc2c(c1)OCO2. The zero-order valence-electron chi connectivity index (χ0n) is 13.5. The third kappa shape index (κ3) is 2.90. The molecule has 1 aromatic heterocycles. The highest BCUT2D eigenvalue weighted by atomic mass is 16.7. The first-order chi connectivity index (χ1) is 11.0. The van der Waals surface area contributed by atoms with Crippen molar-refractivity contribution in [2.24, 2.45) is 0 Å². The number of anilines is 2. The Kier molecular flexibility index (Phi) is 3.77. The van der Waals surface area contributed by atoms with Gasteiger partial charge < -0.3 is 19.7 Å². The zero-order chi connectivity index (χ0) is 16.6. The number of nitrogens with one attached hydrogen (secondary N) is 1. The van der Waals surface area contributed by atoms with Gasteiger partial charge in [0.05, 0.1) is 17.1 Å². The van der Waals surface area contributed by atoms with Crippen molar-refractivity contribution in [3.05, 3.63) is 35.2 Å². The highest BCUT2D eigenvalue weighted by Crippen LogP contribution is 2.32. The minimum atomic E-state index is -0.240. The van der Waals surface area contributed by atoms with Crippen molar-refractivity contribution >= 4 is 17.5 Å². The molecule has 1 N–H and O–H groups in total. The molecule has 1 amide bonds. The fourth-order valence-electron chi connectivity index (χ4n) is 2.30. The molecule has 0 unspecified atom stereocenters. The van der Waals surface area contributed by atoms with Gasteiger partial charge in [-0.3, -0.25) is 4.79 Å². The van der Waals surface area contributed by atoms with Crippen molar-refractivity contribution < 1.29 is 14.3 Å². The Hall–Kier alpha value is -2.83. The van der Waals surface area contributed by atoms with Gasteiger partial charge in [-0.1, -0.05) is 0 Å². The first-order valence-electron chi connectivity index (χ1n) is 7.19. The number of fused-ring (bicyclic) bond motifs is 1. The normalized spacial score (nSPS) is 12.2. The molecule has 0 aliphatic carbocycles. The van der Waals surface area contributed by atoms with Gasteiger partial charge in [0.15, 0.2) is 11.5 Å². The van der Waals surface area contributed by atoms with Gasteiger partial charge in [-0.05, 0) is 32.0 Å². The number of nitrogens with zero attached hydrogens (tertiary/aromatic N) is 3. The summed E-state index contributed by atoms with van der Waals surface area (Å²) < 4.78 is 10.5. The molecule has 0 saturated heterocycles. The molecule has 0 atom stereocenters. The number of ether oxygens (including phenoxy) is 2. The van der Waals surface area contributed by atoms with Crippen molar-refractivity contribution in [3.63, 3.8) is 0 Å². The molecule has 0 saturated carbocycles. The van der Waals surface area contributed by atoms with E-state index in [1.807, 2.05) is 32.8 Å². The van der Waals surface area contributed by atoms with E-state index in [0.717, 1.165) is 11.4 Å². The second-order valence-corrected chi connectivity index (χ2v) is 5.49. The molecular formula is C16H18N4O3. The monoisotopic (exact) mass is 314 g/mol. The van der Waals surface area contributed by atoms with E-state index < -0.39 is 0 Å². The third-order valence-electron chi connectivity index (χ3n) is 3.53. The van der Waals surface area contributed by atoms with Gasteiger partial charge in [-0.2, -0.15) is 0 Å². The number of hydrogen-bond acceptors (Lipinski definition) is 6. The maximum Gasteiger partial charge on any atom is 0.255 e. The largest absolute Gasteiger partial charge is 0.454 e. The van der Waals surface area contributed by atoms with Crippen LogP contribution in [-0.4, -0.2) is 36.8 Å². The fraction of sp³-hybridized carbons (Fsp3) is 0.312. The molecule has 1 aliphatic heterocycles. The molecule has 1 aromatic carbocycles. The van der Waals surface area contributed by atoms with Crippen LogP contribution in [0.4, 0.5) is 11.6 Å². The summed E-state index contributed by atoms with van der Waals surface area (Å²) in [6.07, 6.45) is 0. The molecule has 0 fully saturated rings. The Bertz CT molecular complexity index is 751. The lowest BCUT2D eigenvalue weighted by Gasteiger charge is -2.15. The molecule has 120 valence electrons. The molecule has 2 heterocycles. The highest BCUT2D eigenvalue weighted by molar-refractivity contribution is 6.05. The van der Waals surface area contributed by atoms with E-state index in [1.54, 1.807) is 18.2 Å². The number of carbonyl (C=O) groups is 1. The summed E-state index contributed by atoms with van der Waals surface area (Å²) in [5.41, 5.74) is 2.55. The smallest absolute Gasteiger partial charge is 0.255 e. The Morgan fingerprint density at radius 3 is 2.43 bits per heavy atom. The van der Waals surface area contributed by atoms with E-state index in [-0.39, 0.29) is 12.7 Å². The van der Waals surface area contributed by atoms with E-state index in [0.29, 0.717) is 28.7 Å². The van der Waals surface area contributed by atoms with Crippen LogP contribution in [0.2, 0.25) is 0 Å². The minimum Gasteiger partial charge on any atom is -0.454 e. The summed E-state index contributed by atoms with van der Waals surface area (Å²) in [4.78, 5) is 23.1. The molecule has 1 aliphatic rings. The molecule has 23 heavy (non-hydrogen) atoms. The number of amides is 1. The van der Waals surface area contributed by atoms with Gasteiger partial charge in [-0.15, -0.1) is 0 Å². The Balaban J connectivity index is 1.86. The molecule has 2 aromatic rings. The van der Waals surface area contributed by atoms with Gasteiger partial charge in [0.25, 0.3) is 5.91 Å². The summed E-state index contributed by atoms with van der Waals surface area (Å²) in [6.45, 7) is 3.87. The number of carbonyl (C=O) groups excluding carboxylic acids is 1. The van der Waals surface area contributed by atoms with Gasteiger partial charge in [-0.25, -0.2) is 9.97 Å². The maximum atomic E-state index is 12.5. The van der Waals surface area contributed by atoms with Crippen molar-refractivity contribution in [2.75, 3.05) is 31.1 Å². The molecule has 3 rings (SSSR count). The van der Waals surface area contributed by atoms with Crippen molar-refractivity contribution in [1.29, 1.82) is 0 Å². The van der Waals surface area contributed by atoms with Crippen LogP contribution in [0.1, 0.15) is 21.7 Å². The topological polar surface area (TPSA) is 76.6 Å². The maximum absolute atomic E-state index is 12.5. The summed E-state index contributed by atoms with van der Waals surface area (Å²) in [5.74, 6) is 1.59. The standard InChI is InChI=1S/C16H18N4O3/c1-9-14(10(2)18-16(17-9)20(3)4)19-15(21)11-5-6-12-13(7-11)23-8-22-12/h5-7H,8H2,1-4H3,(H,19,21). The van der Waals surface area contributed by atoms with E-state index in [4.69, 9.17) is 9.47 Å². The number of rotatable bonds is 3. The highest BCUT2D eigenvalue weighted by Gasteiger charge is 2.18. The van der Waals surface area contributed by atoms with E-state index in [9.17, 15) is 4.79 Å². The van der Waals surface area contributed by atoms with E-state index in [1.165, 1.54) is 0 Å². The van der Waals surface area contributed by atoms with Gasteiger partial charge in [0, 0.05) is 19.7 Å². The molecule has 0 bridgehead atoms. The molecular weight excluding hydrogens is 296 g/mol. The minimum absolute atomic E-state index is 0.179. The quantitative estimate of drug-likeness (QED) is 0.935. The number of aryl methyl sites for hydroxylation is 2. The average Bonchev–Trinajstić information content (AvgIpc) is 2.97. The molecule has 0 radical (unpaired) electrons. The van der Waals surface area contributed by atoms with Crippen molar-refractivity contribution in [2.45, 2.75) is 13.8 Å². The van der Waals surface area contributed by atoms with E-state index >= 15 is 0 Å². The molecule has 7 heteroatoms. The number of benzene rings is 1. The lowest BCUT2D eigenvalue weighted by molar-refractivity contribution is 0.102. The first-order valence-corrected chi connectivity index (χ1v) is 7.19. The number of hydrogen-bond donors (Lipinski definition) is 1. The lowest BCUT2D eigenvalue weighted by Crippen LogP contribution is -2.18. The summed E-state index contributed by atoms with van der Waals surface area (Å²) in [5, 5.41) is 2.87. The summed E-state index contributed by atoms with van der Waals surface area (Å²) in [7, 11) is 3.75. The zero-order valence-corrected chi connectivity index (χ0v) is 13.5. The molecule has 0 spiro atoms. The predicted octanol–water partition coefficient (Wildman–Crippen LogP) is 2.14. The second-order valence-electron chi connectivity index (χ2n) is 5.49. The van der Waals surface area contributed by atoms with Crippen LogP contribution >= 0.6 is 0 Å².